The molecule has 4 rings (SSSR count). The Bertz CT molecular complexity index is 1560. The number of fused-ring (bicyclic) bond motifs is 1. The number of non-ortho nitro benzene ring substituents is 1. The van der Waals surface area contributed by atoms with Gasteiger partial charge in [0.2, 0.25) is 0 Å². The number of hydrogen-bond donors (Lipinski definition) is 0. The van der Waals surface area contributed by atoms with Crippen molar-refractivity contribution in [2.45, 2.75) is 33.7 Å². The second-order valence-corrected chi connectivity index (χ2v) is 9.82. The summed E-state index contributed by atoms with van der Waals surface area (Å²) in [4.78, 5) is 44.6. The average molecular weight is 519 g/mol. The van der Waals surface area contributed by atoms with Crippen LogP contribution in [0.5, 0.6) is 0 Å². The summed E-state index contributed by atoms with van der Waals surface area (Å²) in [6.07, 6.45) is 0. The van der Waals surface area contributed by atoms with Gasteiger partial charge in [0.25, 0.3) is 17.2 Å². The first-order valence-corrected chi connectivity index (χ1v) is 12.3. The fraction of sp³-hybridized carbons (Fsp3) is 0.250. The number of aryl methyl sites for hydroxylation is 1. The Labute approximate surface area is 219 Å². The highest BCUT2D eigenvalue weighted by molar-refractivity contribution is 6.34. The minimum Gasteiger partial charge on any atom is -0.328 e. The number of nitrogens with zero attached hydrogens (tertiary/aromatic N) is 4. The van der Waals surface area contributed by atoms with Crippen molar-refractivity contribution in [1.29, 1.82) is 0 Å². The van der Waals surface area contributed by atoms with Crippen LogP contribution in [0, 0.1) is 23.0 Å². The Morgan fingerprint density at radius 1 is 1.08 bits per heavy atom. The fourth-order valence-electron chi connectivity index (χ4n) is 4.34. The van der Waals surface area contributed by atoms with Gasteiger partial charge in [0.05, 0.1) is 38.1 Å². The van der Waals surface area contributed by atoms with Gasteiger partial charge in [-0.3, -0.25) is 24.3 Å². The molecule has 1 heterocycles. The molecule has 0 saturated carbocycles. The second-order valence-electron chi connectivity index (χ2n) is 9.42. The van der Waals surface area contributed by atoms with Crippen LogP contribution in [0.2, 0.25) is 5.02 Å². The number of nitro groups is 1. The zero-order valence-electron chi connectivity index (χ0n) is 21.0. The van der Waals surface area contributed by atoms with Crippen LogP contribution in [0.1, 0.15) is 48.6 Å². The lowest BCUT2D eigenvalue weighted by Gasteiger charge is -2.32. The van der Waals surface area contributed by atoms with Gasteiger partial charge < -0.3 is 4.90 Å². The van der Waals surface area contributed by atoms with Crippen molar-refractivity contribution < 1.29 is 9.72 Å². The Balaban J connectivity index is 1.91. The van der Waals surface area contributed by atoms with E-state index in [1.54, 1.807) is 27.7 Å². The fourth-order valence-corrected chi connectivity index (χ4v) is 4.60. The van der Waals surface area contributed by atoms with Gasteiger partial charge in [-0.2, -0.15) is 0 Å². The van der Waals surface area contributed by atoms with Gasteiger partial charge in [-0.15, -0.1) is 0 Å². The molecule has 1 atom stereocenters. The lowest BCUT2D eigenvalue weighted by molar-refractivity contribution is -0.384. The molecule has 8 nitrogen and oxygen atoms in total. The molecule has 37 heavy (non-hydrogen) atoms. The Morgan fingerprint density at radius 3 is 2.46 bits per heavy atom. The normalized spacial score (nSPS) is 12.1. The van der Waals surface area contributed by atoms with E-state index in [1.807, 2.05) is 58.0 Å². The highest BCUT2D eigenvalue weighted by Crippen LogP contribution is 2.29. The molecule has 0 aliphatic heterocycles. The number of halogens is 1. The van der Waals surface area contributed by atoms with Crippen molar-refractivity contribution in [1.82, 2.24) is 14.5 Å². The third kappa shape index (κ3) is 5.24. The highest BCUT2D eigenvalue weighted by atomic mass is 35.5. The van der Waals surface area contributed by atoms with Crippen LogP contribution in [0.4, 0.5) is 5.69 Å². The molecule has 190 valence electrons. The van der Waals surface area contributed by atoms with Crippen molar-refractivity contribution in [2.75, 3.05) is 6.54 Å². The molecule has 9 heteroatoms. The summed E-state index contributed by atoms with van der Waals surface area (Å²) in [6, 6.07) is 17.8. The van der Waals surface area contributed by atoms with Gasteiger partial charge in [-0.05, 0) is 55.7 Å². The molecular weight excluding hydrogens is 492 g/mol. The van der Waals surface area contributed by atoms with E-state index in [9.17, 15) is 19.7 Å². The molecule has 1 unspecified atom stereocenters. The number of amides is 1. The lowest BCUT2D eigenvalue weighted by atomic mass is 10.1. The summed E-state index contributed by atoms with van der Waals surface area (Å²) in [7, 11) is 0. The van der Waals surface area contributed by atoms with Crippen molar-refractivity contribution in [2.24, 2.45) is 5.92 Å². The molecule has 1 aromatic heterocycles. The Kier molecular flexibility index (Phi) is 7.40. The van der Waals surface area contributed by atoms with E-state index in [0.29, 0.717) is 29.0 Å². The zero-order valence-corrected chi connectivity index (χ0v) is 21.8. The van der Waals surface area contributed by atoms with Gasteiger partial charge in [-0.25, -0.2) is 4.98 Å². The minimum atomic E-state index is -0.626. The topological polar surface area (TPSA) is 98.3 Å². The lowest BCUT2D eigenvalue weighted by Crippen LogP contribution is -2.39. The van der Waals surface area contributed by atoms with Crippen LogP contribution in [-0.4, -0.2) is 31.8 Å². The number of aromatic nitrogens is 2. The predicted octanol–water partition coefficient (Wildman–Crippen LogP) is 6.12. The van der Waals surface area contributed by atoms with Gasteiger partial charge in [0, 0.05) is 18.7 Å². The van der Waals surface area contributed by atoms with Gasteiger partial charge >= 0.3 is 0 Å². The van der Waals surface area contributed by atoms with Gasteiger partial charge in [0.1, 0.15) is 5.82 Å². The highest BCUT2D eigenvalue weighted by Gasteiger charge is 2.30. The van der Waals surface area contributed by atoms with E-state index in [-0.39, 0.29) is 27.8 Å². The van der Waals surface area contributed by atoms with Crippen molar-refractivity contribution in [3.05, 3.63) is 109 Å². The van der Waals surface area contributed by atoms with E-state index in [1.165, 1.54) is 18.2 Å². The number of carbonyl (C=O) groups excluding carboxylic acids is 1. The predicted molar refractivity (Wildman–Crippen MR) is 144 cm³/mol. The molecule has 0 bridgehead atoms. The first-order chi connectivity index (χ1) is 17.6. The van der Waals surface area contributed by atoms with Crippen LogP contribution < -0.4 is 5.56 Å². The molecule has 0 fully saturated rings. The van der Waals surface area contributed by atoms with Gasteiger partial charge in [0.15, 0.2) is 0 Å². The van der Waals surface area contributed by atoms with E-state index in [2.05, 4.69) is 0 Å². The standard InChI is InChI=1S/C28H27ClN4O4/c1-17(2)16-31(27(34)22-13-12-21(33(36)37)15-24(22)29)19(4)26-30-25-11-6-5-10-23(25)28(35)32(26)20-9-7-8-18(3)14-20/h5-15,17,19H,16H2,1-4H3. The van der Waals surface area contributed by atoms with E-state index in [4.69, 9.17) is 16.6 Å². The van der Waals surface area contributed by atoms with Crippen LogP contribution in [0.3, 0.4) is 0 Å². The first-order valence-electron chi connectivity index (χ1n) is 11.9. The maximum atomic E-state index is 13.8. The van der Waals surface area contributed by atoms with Crippen molar-refractivity contribution >= 4 is 34.1 Å². The Morgan fingerprint density at radius 2 is 1.81 bits per heavy atom. The smallest absolute Gasteiger partial charge is 0.270 e. The number of rotatable bonds is 7. The molecule has 0 aliphatic carbocycles. The largest absolute Gasteiger partial charge is 0.328 e. The molecule has 1 amide bonds. The van der Waals surface area contributed by atoms with Crippen LogP contribution in [0.15, 0.2) is 71.5 Å². The molecule has 0 N–H and O–H groups in total. The third-order valence-electron chi connectivity index (χ3n) is 6.12. The number of para-hydroxylation sites is 1. The number of nitro benzene ring substituents is 1. The molecule has 3 aromatic carbocycles. The summed E-state index contributed by atoms with van der Waals surface area (Å²) in [5.41, 5.74) is 1.87. The average Bonchev–Trinajstić information content (AvgIpc) is 2.86. The van der Waals surface area contributed by atoms with Crippen molar-refractivity contribution in [3.63, 3.8) is 0 Å². The number of hydrogen-bond acceptors (Lipinski definition) is 5. The number of benzene rings is 3. The first kappa shape index (κ1) is 26.0. The minimum absolute atomic E-state index is 0.0114. The summed E-state index contributed by atoms with van der Waals surface area (Å²) < 4.78 is 1.55. The van der Waals surface area contributed by atoms with E-state index in [0.717, 1.165) is 5.56 Å². The summed E-state index contributed by atoms with van der Waals surface area (Å²) in [5, 5.41) is 11.6. The monoisotopic (exact) mass is 518 g/mol. The summed E-state index contributed by atoms with van der Waals surface area (Å²) in [5.74, 6) is 0.0865. The molecule has 0 aliphatic rings. The zero-order chi connectivity index (χ0) is 26.9. The third-order valence-corrected chi connectivity index (χ3v) is 6.43. The molecule has 4 aromatic rings. The van der Waals surface area contributed by atoms with Crippen LogP contribution in [-0.2, 0) is 0 Å². The quantitative estimate of drug-likeness (QED) is 0.217. The molecular formula is C28H27ClN4O4. The maximum Gasteiger partial charge on any atom is 0.270 e. The van der Waals surface area contributed by atoms with Crippen LogP contribution >= 0.6 is 11.6 Å². The molecule has 0 saturated heterocycles. The summed E-state index contributed by atoms with van der Waals surface area (Å²) >= 11 is 6.32. The molecule has 0 spiro atoms. The van der Waals surface area contributed by atoms with E-state index >= 15 is 0 Å². The molecule has 0 radical (unpaired) electrons. The Hall–Kier alpha value is -4.04. The number of carbonyl (C=O) groups is 1. The maximum absolute atomic E-state index is 13.8. The second kappa shape index (κ2) is 10.5. The van der Waals surface area contributed by atoms with E-state index < -0.39 is 16.9 Å². The SMILES string of the molecule is Cc1cccc(-n2c(C(C)N(CC(C)C)C(=O)c3ccc([N+](=O)[O-])cc3Cl)nc3ccccc3c2=O)c1. The summed E-state index contributed by atoms with van der Waals surface area (Å²) in [6.45, 7) is 8.07. The van der Waals surface area contributed by atoms with Crippen molar-refractivity contribution in [3.8, 4) is 5.69 Å². The van der Waals surface area contributed by atoms with Gasteiger partial charge in [-0.1, -0.05) is 49.7 Å². The van der Waals surface area contributed by atoms with Crippen LogP contribution in [0.25, 0.3) is 16.6 Å².